The molecule has 0 aliphatic carbocycles. The summed E-state index contributed by atoms with van der Waals surface area (Å²) in [6.07, 6.45) is 0. The maximum absolute atomic E-state index is 8.94. The van der Waals surface area contributed by atoms with Gasteiger partial charge >= 0.3 is 0 Å². The summed E-state index contributed by atoms with van der Waals surface area (Å²) in [7, 11) is 0. The van der Waals surface area contributed by atoms with E-state index in [0.29, 0.717) is 6.54 Å². The van der Waals surface area contributed by atoms with Crippen LogP contribution in [0, 0.1) is 11.8 Å². The summed E-state index contributed by atoms with van der Waals surface area (Å²) in [5.74, 6) is 6.18. The molecule has 0 bridgehead atoms. The van der Waals surface area contributed by atoms with Crippen LogP contribution in [0.4, 0.5) is 0 Å². The minimum absolute atomic E-state index is 0.0637. The molecule has 2 aromatic carbocycles. The predicted molar refractivity (Wildman–Crippen MR) is 72.7 cm³/mol. The second-order valence-corrected chi connectivity index (χ2v) is 4.01. The van der Waals surface area contributed by atoms with E-state index in [0.717, 1.165) is 22.3 Å². The van der Waals surface area contributed by atoms with Crippen molar-refractivity contribution in [3.63, 3.8) is 0 Å². The smallest absolute Gasteiger partial charge is 0.0681 e. The fourth-order valence-electron chi connectivity index (χ4n) is 1.56. The van der Waals surface area contributed by atoms with E-state index < -0.39 is 0 Å². The van der Waals surface area contributed by atoms with Gasteiger partial charge in [0.1, 0.15) is 0 Å². The van der Waals surface area contributed by atoms with Gasteiger partial charge in [-0.15, -0.1) is 0 Å². The molecular formula is C16H15NO. The van der Waals surface area contributed by atoms with Crippen molar-refractivity contribution >= 4 is 0 Å². The molecule has 0 aromatic heterocycles. The first-order chi connectivity index (χ1) is 8.81. The molecule has 0 aliphatic rings. The molecule has 0 heterocycles. The quantitative estimate of drug-likeness (QED) is 0.785. The Morgan fingerprint density at radius 1 is 0.778 bits per heavy atom. The van der Waals surface area contributed by atoms with Gasteiger partial charge in [0.15, 0.2) is 0 Å². The Balaban J connectivity index is 2.14. The summed E-state index contributed by atoms with van der Waals surface area (Å²) < 4.78 is 0. The highest BCUT2D eigenvalue weighted by Gasteiger charge is 1.91. The molecule has 0 amide bonds. The van der Waals surface area contributed by atoms with Gasteiger partial charge in [-0.2, -0.15) is 0 Å². The Kier molecular flexibility index (Phi) is 4.14. The van der Waals surface area contributed by atoms with Gasteiger partial charge in [-0.05, 0) is 35.4 Å². The minimum atomic E-state index is 0.0637. The predicted octanol–water partition coefficient (Wildman–Crippen LogP) is 2.04. The second kappa shape index (κ2) is 6.02. The normalized spacial score (nSPS) is 9.67. The molecule has 0 fully saturated rings. The Hall–Kier alpha value is -2.08. The van der Waals surface area contributed by atoms with Gasteiger partial charge in [-0.3, -0.25) is 0 Å². The van der Waals surface area contributed by atoms with Gasteiger partial charge in [0, 0.05) is 17.7 Å². The van der Waals surface area contributed by atoms with Crippen molar-refractivity contribution in [3.05, 3.63) is 70.8 Å². The first-order valence-electron chi connectivity index (χ1n) is 5.82. The highest BCUT2D eigenvalue weighted by atomic mass is 16.3. The third kappa shape index (κ3) is 3.21. The van der Waals surface area contributed by atoms with E-state index in [9.17, 15) is 0 Å². The zero-order valence-corrected chi connectivity index (χ0v) is 10.1. The van der Waals surface area contributed by atoms with E-state index in [1.807, 2.05) is 48.5 Å². The fourth-order valence-corrected chi connectivity index (χ4v) is 1.56. The molecule has 0 spiro atoms. The highest BCUT2D eigenvalue weighted by Crippen LogP contribution is 2.05. The van der Waals surface area contributed by atoms with Crippen LogP contribution in [0.5, 0.6) is 0 Å². The molecular weight excluding hydrogens is 222 g/mol. The maximum atomic E-state index is 8.94. The van der Waals surface area contributed by atoms with Gasteiger partial charge in [-0.1, -0.05) is 36.1 Å². The van der Waals surface area contributed by atoms with Crippen LogP contribution in [-0.2, 0) is 13.2 Å². The van der Waals surface area contributed by atoms with Crippen molar-refractivity contribution in [2.24, 2.45) is 5.73 Å². The molecule has 0 atom stereocenters. The van der Waals surface area contributed by atoms with Crippen LogP contribution >= 0.6 is 0 Å². The molecule has 0 saturated carbocycles. The Morgan fingerprint density at radius 2 is 1.22 bits per heavy atom. The summed E-state index contributed by atoms with van der Waals surface area (Å²) >= 11 is 0. The average molecular weight is 237 g/mol. The average Bonchev–Trinajstić information content (AvgIpc) is 2.46. The van der Waals surface area contributed by atoms with Crippen molar-refractivity contribution in [2.75, 3.05) is 0 Å². The number of nitrogens with two attached hydrogens (primary N) is 1. The second-order valence-electron chi connectivity index (χ2n) is 4.01. The van der Waals surface area contributed by atoms with E-state index in [-0.39, 0.29) is 6.61 Å². The topological polar surface area (TPSA) is 46.2 Å². The first kappa shape index (κ1) is 12.4. The van der Waals surface area contributed by atoms with Gasteiger partial charge in [-0.25, -0.2) is 0 Å². The molecule has 0 saturated heterocycles. The van der Waals surface area contributed by atoms with Crippen LogP contribution in [0.15, 0.2) is 48.5 Å². The van der Waals surface area contributed by atoms with Crippen LogP contribution in [0.1, 0.15) is 22.3 Å². The van der Waals surface area contributed by atoms with E-state index in [2.05, 4.69) is 11.8 Å². The molecule has 0 unspecified atom stereocenters. The summed E-state index contributed by atoms with van der Waals surface area (Å²) in [5.41, 5.74) is 9.45. The standard InChI is InChI=1S/C16H15NO/c17-11-15-7-3-13(4-8-15)1-2-14-5-9-16(12-18)10-6-14/h3-10,18H,11-12,17H2. The van der Waals surface area contributed by atoms with Crippen LogP contribution in [0.3, 0.4) is 0 Å². The lowest BCUT2D eigenvalue weighted by Crippen LogP contribution is -1.95. The van der Waals surface area contributed by atoms with E-state index >= 15 is 0 Å². The monoisotopic (exact) mass is 237 g/mol. The van der Waals surface area contributed by atoms with Gasteiger partial charge in [0.25, 0.3) is 0 Å². The highest BCUT2D eigenvalue weighted by molar-refractivity contribution is 5.43. The number of rotatable bonds is 2. The van der Waals surface area contributed by atoms with Gasteiger partial charge in [0.05, 0.1) is 6.61 Å². The number of hydrogen-bond acceptors (Lipinski definition) is 2. The summed E-state index contributed by atoms with van der Waals surface area (Å²) in [6, 6.07) is 15.5. The van der Waals surface area contributed by atoms with Crippen LogP contribution in [0.25, 0.3) is 0 Å². The maximum Gasteiger partial charge on any atom is 0.0681 e. The lowest BCUT2D eigenvalue weighted by Gasteiger charge is -1.96. The van der Waals surface area contributed by atoms with Crippen molar-refractivity contribution < 1.29 is 5.11 Å². The molecule has 90 valence electrons. The van der Waals surface area contributed by atoms with Gasteiger partial charge < -0.3 is 10.8 Å². The zero-order valence-electron chi connectivity index (χ0n) is 10.1. The molecule has 2 heteroatoms. The van der Waals surface area contributed by atoms with Crippen LogP contribution < -0.4 is 5.73 Å². The molecule has 0 radical (unpaired) electrons. The van der Waals surface area contributed by atoms with Gasteiger partial charge in [0.2, 0.25) is 0 Å². The number of benzene rings is 2. The number of hydrogen-bond donors (Lipinski definition) is 2. The molecule has 3 N–H and O–H groups in total. The van der Waals surface area contributed by atoms with E-state index in [1.165, 1.54) is 0 Å². The van der Waals surface area contributed by atoms with Crippen molar-refractivity contribution in [2.45, 2.75) is 13.2 Å². The lowest BCUT2D eigenvalue weighted by atomic mass is 10.1. The fraction of sp³-hybridized carbons (Fsp3) is 0.125. The Bertz CT molecular complexity index is 507. The van der Waals surface area contributed by atoms with Crippen LogP contribution in [0.2, 0.25) is 0 Å². The van der Waals surface area contributed by atoms with Crippen molar-refractivity contribution in [3.8, 4) is 11.8 Å². The Labute approximate surface area is 107 Å². The van der Waals surface area contributed by atoms with E-state index in [4.69, 9.17) is 10.8 Å². The third-order valence-electron chi connectivity index (χ3n) is 2.68. The zero-order chi connectivity index (χ0) is 12.8. The van der Waals surface area contributed by atoms with Crippen LogP contribution in [-0.4, -0.2) is 5.11 Å². The largest absolute Gasteiger partial charge is 0.392 e. The van der Waals surface area contributed by atoms with E-state index in [1.54, 1.807) is 0 Å². The molecule has 18 heavy (non-hydrogen) atoms. The number of aliphatic hydroxyl groups excluding tert-OH is 1. The Morgan fingerprint density at radius 3 is 1.61 bits per heavy atom. The van der Waals surface area contributed by atoms with Crippen molar-refractivity contribution in [1.29, 1.82) is 0 Å². The molecule has 2 rings (SSSR count). The lowest BCUT2D eigenvalue weighted by molar-refractivity contribution is 0.282. The summed E-state index contributed by atoms with van der Waals surface area (Å²) in [4.78, 5) is 0. The number of aliphatic hydroxyl groups is 1. The SMILES string of the molecule is NCc1ccc(C#Cc2ccc(CO)cc2)cc1. The molecule has 0 aliphatic heterocycles. The summed E-state index contributed by atoms with van der Waals surface area (Å²) in [5, 5.41) is 8.94. The minimum Gasteiger partial charge on any atom is -0.392 e. The third-order valence-corrected chi connectivity index (χ3v) is 2.68. The molecule has 2 nitrogen and oxygen atoms in total. The van der Waals surface area contributed by atoms with Crippen molar-refractivity contribution in [1.82, 2.24) is 0 Å². The first-order valence-corrected chi connectivity index (χ1v) is 5.82. The summed E-state index contributed by atoms with van der Waals surface area (Å²) in [6.45, 7) is 0.616. The molecule has 2 aromatic rings.